The van der Waals surface area contributed by atoms with Gasteiger partial charge in [0, 0.05) is 33.2 Å². The van der Waals surface area contributed by atoms with Crippen molar-refractivity contribution in [3.63, 3.8) is 0 Å². The highest BCUT2D eigenvalue weighted by Gasteiger charge is 2.29. The lowest BCUT2D eigenvalue weighted by Crippen LogP contribution is -2.37. The minimum Gasteiger partial charge on any atom is -0.352 e. The molecule has 1 fully saturated rings. The van der Waals surface area contributed by atoms with E-state index in [4.69, 9.17) is 0 Å². The molecule has 1 heterocycles. The zero-order valence-corrected chi connectivity index (χ0v) is 18.1. The maximum Gasteiger partial charge on any atom is 0.252 e. The maximum atomic E-state index is 12.9. The molecule has 0 bridgehead atoms. The van der Waals surface area contributed by atoms with Crippen LogP contribution in [0, 0.1) is 0 Å². The Morgan fingerprint density at radius 2 is 1.75 bits per heavy atom. The van der Waals surface area contributed by atoms with Crippen molar-refractivity contribution >= 4 is 26.0 Å². The highest BCUT2D eigenvalue weighted by Crippen LogP contribution is 2.23. The van der Waals surface area contributed by atoms with Gasteiger partial charge < -0.3 is 5.32 Å². The van der Waals surface area contributed by atoms with Crippen LogP contribution in [0.2, 0.25) is 0 Å². The second-order valence-electron chi connectivity index (χ2n) is 6.79. The number of piperidine rings is 1. The molecule has 0 atom stereocenters. The number of benzene rings is 1. The van der Waals surface area contributed by atoms with Crippen LogP contribution in [0.1, 0.15) is 43.0 Å². The summed E-state index contributed by atoms with van der Waals surface area (Å²) in [5.41, 5.74) is 0.114. The van der Waals surface area contributed by atoms with Crippen LogP contribution in [-0.4, -0.2) is 70.3 Å². The molecule has 28 heavy (non-hydrogen) atoms. The van der Waals surface area contributed by atoms with E-state index in [9.17, 15) is 21.6 Å². The zero-order valence-electron chi connectivity index (χ0n) is 16.4. The summed E-state index contributed by atoms with van der Waals surface area (Å²) in [6.07, 6.45) is 3.09. The highest BCUT2D eigenvalue weighted by atomic mass is 32.2. The summed E-state index contributed by atoms with van der Waals surface area (Å²) < 4.78 is 52.0. The molecule has 1 aliphatic rings. The SMILES string of the molecule is CCS(=O)(=O)N(C)CCCNC(=O)c1ccccc1S(=O)(=O)N1CCCCC1. The van der Waals surface area contributed by atoms with E-state index in [1.54, 1.807) is 19.1 Å². The van der Waals surface area contributed by atoms with Crippen molar-refractivity contribution in [1.29, 1.82) is 0 Å². The van der Waals surface area contributed by atoms with Crippen LogP contribution in [0.3, 0.4) is 0 Å². The molecule has 0 saturated carbocycles. The van der Waals surface area contributed by atoms with Gasteiger partial charge in [-0.05, 0) is 38.3 Å². The fourth-order valence-electron chi connectivity index (χ4n) is 3.08. The van der Waals surface area contributed by atoms with Gasteiger partial charge in [-0.15, -0.1) is 0 Å². The van der Waals surface area contributed by atoms with Gasteiger partial charge in [-0.1, -0.05) is 18.6 Å². The maximum absolute atomic E-state index is 12.9. The van der Waals surface area contributed by atoms with Gasteiger partial charge in [-0.25, -0.2) is 21.1 Å². The van der Waals surface area contributed by atoms with Gasteiger partial charge in [-0.2, -0.15) is 4.31 Å². The number of amides is 1. The number of sulfonamides is 2. The van der Waals surface area contributed by atoms with Crippen molar-refractivity contribution in [3.05, 3.63) is 29.8 Å². The van der Waals surface area contributed by atoms with Gasteiger partial charge in [0.15, 0.2) is 0 Å². The van der Waals surface area contributed by atoms with Crippen LogP contribution in [0.15, 0.2) is 29.2 Å². The number of rotatable bonds is 9. The molecule has 0 unspecified atom stereocenters. The number of carbonyl (C=O) groups excluding carboxylic acids is 1. The van der Waals surface area contributed by atoms with Gasteiger partial charge in [0.2, 0.25) is 20.0 Å². The smallest absolute Gasteiger partial charge is 0.252 e. The molecule has 1 amide bonds. The summed E-state index contributed by atoms with van der Waals surface area (Å²) in [6, 6.07) is 6.20. The molecule has 158 valence electrons. The first-order chi connectivity index (χ1) is 13.2. The molecule has 0 spiro atoms. The van der Waals surface area contributed by atoms with Crippen molar-refractivity contribution in [1.82, 2.24) is 13.9 Å². The van der Waals surface area contributed by atoms with Gasteiger partial charge in [-0.3, -0.25) is 4.79 Å². The normalized spacial score (nSPS) is 16.2. The first kappa shape index (κ1) is 22.8. The summed E-state index contributed by atoms with van der Waals surface area (Å²) in [4.78, 5) is 12.6. The Morgan fingerprint density at radius 3 is 2.39 bits per heavy atom. The first-order valence-electron chi connectivity index (χ1n) is 9.51. The van der Waals surface area contributed by atoms with Crippen LogP contribution in [0.5, 0.6) is 0 Å². The minimum absolute atomic E-state index is 0.0140. The van der Waals surface area contributed by atoms with Crippen LogP contribution in [0.4, 0.5) is 0 Å². The molecule has 1 aliphatic heterocycles. The molecule has 2 rings (SSSR count). The first-order valence-corrected chi connectivity index (χ1v) is 12.6. The lowest BCUT2D eigenvalue weighted by molar-refractivity contribution is 0.0949. The van der Waals surface area contributed by atoms with E-state index in [2.05, 4.69) is 5.32 Å². The van der Waals surface area contributed by atoms with Crippen molar-refractivity contribution in [2.24, 2.45) is 0 Å². The molecule has 1 aromatic rings. The summed E-state index contributed by atoms with van der Waals surface area (Å²) in [6.45, 7) is 3.05. The Labute approximate surface area is 168 Å². The fraction of sp³-hybridized carbons (Fsp3) is 0.611. The van der Waals surface area contributed by atoms with Gasteiger partial charge >= 0.3 is 0 Å². The minimum atomic E-state index is -3.72. The second-order valence-corrected chi connectivity index (χ2v) is 11.1. The predicted octanol–water partition coefficient (Wildman–Crippen LogP) is 1.26. The van der Waals surface area contributed by atoms with E-state index >= 15 is 0 Å². The molecule has 10 heteroatoms. The highest BCUT2D eigenvalue weighted by molar-refractivity contribution is 7.89. The fourth-order valence-corrected chi connectivity index (χ4v) is 5.64. The largest absolute Gasteiger partial charge is 0.352 e. The lowest BCUT2D eigenvalue weighted by Gasteiger charge is -2.26. The summed E-state index contributed by atoms with van der Waals surface area (Å²) in [5, 5.41) is 2.70. The topological polar surface area (TPSA) is 104 Å². The van der Waals surface area contributed by atoms with Crippen molar-refractivity contribution in [2.45, 2.75) is 37.5 Å². The molecule has 1 aromatic carbocycles. The molecule has 1 N–H and O–H groups in total. The summed E-state index contributed by atoms with van der Waals surface area (Å²) in [5.74, 6) is -0.449. The Bertz CT molecular complexity index is 878. The van der Waals surface area contributed by atoms with E-state index in [1.807, 2.05) is 0 Å². The Kier molecular flexibility index (Phi) is 7.99. The number of hydrogen-bond acceptors (Lipinski definition) is 5. The molecular weight excluding hydrogens is 402 g/mol. The lowest BCUT2D eigenvalue weighted by atomic mass is 10.2. The number of hydrogen-bond donors (Lipinski definition) is 1. The van der Waals surface area contributed by atoms with Gasteiger partial charge in [0.05, 0.1) is 16.2 Å². The predicted molar refractivity (Wildman–Crippen MR) is 108 cm³/mol. The average molecular weight is 432 g/mol. The third kappa shape index (κ3) is 5.53. The van der Waals surface area contributed by atoms with Crippen molar-refractivity contribution in [3.8, 4) is 0 Å². The van der Waals surface area contributed by atoms with E-state index in [-0.39, 0.29) is 29.3 Å². The number of carbonyl (C=O) groups is 1. The Morgan fingerprint density at radius 1 is 1.11 bits per heavy atom. The molecule has 0 radical (unpaired) electrons. The van der Waals surface area contributed by atoms with E-state index in [0.29, 0.717) is 19.5 Å². The van der Waals surface area contributed by atoms with Gasteiger partial charge in [0.25, 0.3) is 5.91 Å². The Balaban J connectivity index is 2.03. The number of nitrogens with one attached hydrogen (secondary N) is 1. The van der Waals surface area contributed by atoms with Crippen LogP contribution < -0.4 is 5.32 Å². The van der Waals surface area contributed by atoms with Crippen molar-refractivity contribution < 1.29 is 21.6 Å². The van der Waals surface area contributed by atoms with Crippen LogP contribution in [-0.2, 0) is 20.0 Å². The van der Waals surface area contributed by atoms with E-state index < -0.39 is 26.0 Å². The molecule has 0 aromatic heterocycles. The molecular formula is C18H29N3O5S2. The third-order valence-electron chi connectivity index (χ3n) is 4.84. The average Bonchev–Trinajstić information content (AvgIpc) is 2.71. The second kappa shape index (κ2) is 9.82. The summed E-state index contributed by atoms with van der Waals surface area (Å²) in [7, 11) is -5.47. The third-order valence-corrected chi connectivity index (χ3v) is 8.66. The standard InChI is InChI=1S/C18H29N3O5S2/c1-3-27(23,24)20(2)13-9-12-19-18(22)16-10-5-6-11-17(16)28(25,26)21-14-7-4-8-15-21/h5-6,10-11H,3-4,7-9,12-15H2,1-2H3,(H,19,22). The van der Waals surface area contributed by atoms with Crippen LogP contribution in [0.25, 0.3) is 0 Å². The zero-order chi connectivity index (χ0) is 20.8. The summed E-state index contributed by atoms with van der Waals surface area (Å²) >= 11 is 0. The van der Waals surface area contributed by atoms with Gasteiger partial charge in [0.1, 0.15) is 0 Å². The van der Waals surface area contributed by atoms with Crippen molar-refractivity contribution in [2.75, 3.05) is 39.0 Å². The van der Waals surface area contributed by atoms with Crippen LogP contribution >= 0.6 is 0 Å². The molecule has 1 saturated heterocycles. The monoisotopic (exact) mass is 431 g/mol. The number of nitrogens with zero attached hydrogens (tertiary/aromatic N) is 2. The molecule has 0 aliphatic carbocycles. The molecule has 8 nitrogen and oxygen atoms in total. The Hall–Kier alpha value is -1.49. The van der Waals surface area contributed by atoms with E-state index in [1.165, 1.54) is 27.8 Å². The quantitative estimate of drug-likeness (QED) is 0.593. The van der Waals surface area contributed by atoms with E-state index in [0.717, 1.165) is 19.3 Å².